The van der Waals surface area contributed by atoms with Crippen LogP contribution in [0.5, 0.6) is 0 Å². The van der Waals surface area contributed by atoms with Gasteiger partial charge in [0.1, 0.15) is 6.10 Å². The third-order valence-electron chi connectivity index (χ3n) is 3.16. The first-order valence-corrected chi connectivity index (χ1v) is 6.39. The van der Waals surface area contributed by atoms with Gasteiger partial charge in [0.05, 0.1) is 6.10 Å². The van der Waals surface area contributed by atoms with E-state index in [1.165, 1.54) is 0 Å². The van der Waals surface area contributed by atoms with Crippen LogP contribution in [0.3, 0.4) is 0 Å². The summed E-state index contributed by atoms with van der Waals surface area (Å²) in [5, 5.41) is 19.3. The summed E-state index contributed by atoms with van der Waals surface area (Å²) in [4.78, 5) is 12.2. The molecule has 2 aromatic carbocycles. The Balaban J connectivity index is 2.18. The van der Waals surface area contributed by atoms with E-state index in [4.69, 9.17) is 5.73 Å². The fourth-order valence-corrected chi connectivity index (χ4v) is 1.94. The molecular formula is C16H17NO3. The topological polar surface area (TPSA) is 83.6 Å². The van der Waals surface area contributed by atoms with Gasteiger partial charge in [-0.2, -0.15) is 0 Å². The summed E-state index contributed by atoms with van der Waals surface area (Å²) in [7, 11) is 0. The summed E-state index contributed by atoms with van der Waals surface area (Å²) in [5.74, 6) is -0.0778. The van der Waals surface area contributed by atoms with E-state index < -0.39 is 12.2 Å². The molecule has 0 radical (unpaired) electrons. The van der Waals surface area contributed by atoms with Crippen molar-refractivity contribution in [3.63, 3.8) is 0 Å². The average Bonchev–Trinajstić information content (AvgIpc) is 2.53. The van der Waals surface area contributed by atoms with Crippen molar-refractivity contribution in [3.8, 4) is 0 Å². The molecule has 2 atom stereocenters. The minimum Gasteiger partial charge on any atom is -0.389 e. The van der Waals surface area contributed by atoms with Crippen molar-refractivity contribution < 1.29 is 15.0 Å². The number of aliphatic hydroxyl groups excluding tert-OH is 2. The van der Waals surface area contributed by atoms with Crippen molar-refractivity contribution in [2.24, 2.45) is 5.73 Å². The average molecular weight is 271 g/mol. The number of rotatable bonds is 5. The molecule has 4 N–H and O–H groups in total. The lowest BCUT2D eigenvalue weighted by Gasteiger charge is -2.16. The second-order valence-electron chi connectivity index (χ2n) is 4.57. The van der Waals surface area contributed by atoms with Crippen LogP contribution in [0.25, 0.3) is 0 Å². The molecule has 0 amide bonds. The Hall–Kier alpha value is -2.01. The van der Waals surface area contributed by atoms with Crippen LogP contribution in [-0.2, 0) is 0 Å². The van der Waals surface area contributed by atoms with Gasteiger partial charge in [0.2, 0.25) is 0 Å². The first kappa shape index (κ1) is 14.4. The molecule has 20 heavy (non-hydrogen) atoms. The van der Waals surface area contributed by atoms with Gasteiger partial charge in [-0.1, -0.05) is 54.6 Å². The van der Waals surface area contributed by atoms with Gasteiger partial charge in [-0.15, -0.1) is 0 Å². The highest BCUT2D eigenvalue weighted by Gasteiger charge is 2.17. The second-order valence-corrected chi connectivity index (χ2v) is 4.57. The zero-order valence-electron chi connectivity index (χ0n) is 10.9. The van der Waals surface area contributed by atoms with Gasteiger partial charge in [-0.3, -0.25) is 4.79 Å². The number of nitrogens with two attached hydrogens (primary N) is 1. The quantitative estimate of drug-likeness (QED) is 0.715. The Morgan fingerprint density at radius 2 is 1.50 bits per heavy atom. The zero-order valence-corrected chi connectivity index (χ0v) is 10.9. The molecule has 0 aromatic heterocycles. The monoisotopic (exact) mass is 271 g/mol. The molecule has 2 unspecified atom stereocenters. The summed E-state index contributed by atoms with van der Waals surface area (Å²) in [6.45, 7) is -0.0220. The van der Waals surface area contributed by atoms with E-state index >= 15 is 0 Å². The van der Waals surface area contributed by atoms with Crippen LogP contribution >= 0.6 is 0 Å². The van der Waals surface area contributed by atoms with Gasteiger partial charge in [-0.25, -0.2) is 0 Å². The molecule has 4 heteroatoms. The molecule has 0 heterocycles. The van der Waals surface area contributed by atoms with Crippen molar-refractivity contribution in [2.45, 2.75) is 12.2 Å². The number of ketones is 1. The number of carbonyl (C=O) groups is 1. The Morgan fingerprint density at radius 1 is 0.950 bits per heavy atom. The Kier molecular flexibility index (Phi) is 4.63. The van der Waals surface area contributed by atoms with Gasteiger partial charge in [0, 0.05) is 17.7 Å². The van der Waals surface area contributed by atoms with E-state index in [1.54, 1.807) is 36.4 Å². The first-order valence-electron chi connectivity index (χ1n) is 6.39. The third-order valence-corrected chi connectivity index (χ3v) is 3.16. The fourth-order valence-electron chi connectivity index (χ4n) is 1.94. The van der Waals surface area contributed by atoms with Gasteiger partial charge >= 0.3 is 0 Å². The lowest BCUT2D eigenvalue weighted by Crippen LogP contribution is -2.27. The fraction of sp³-hybridized carbons (Fsp3) is 0.188. The summed E-state index contributed by atoms with van der Waals surface area (Å²) in [5.41, 5.74) is 6.99. The Labute approximate surface area is 117 Å². The number of hydrogen-bond acceptors (Lipinski definition) is 4. The van der Waals surface area contributed by atoms with Crippen LogP contribution in [0, 0.1) is 0 Å². The van der Waals surface area contributed by atoms with E-state index in [-0.39, 0.29) is 12.3 Å². The van der Waals surface area contributed by atoms with Crippen molar-refractivity contribution in [1.29, 1.82) is 0 Å². The summed E-state index contributed by atoms with van der Waals surface area (Å²) in [6.07, 6.45) is -2.05. The Bertz CT molecular complexity index is 566. The maximum Gasteiger partial charge on any atom is 0.193 e. The third kappa shape index (κ3) is 3.11. The maximum absolute atomic E-state index is 12.2. The van der Waals surface area contributed by atoms with E-state index in [0.29, 0.717) is 16.7 Å². The molecule has 0 aliphatic rings. The molecule has 0 saturated heterocycles. The van der Waals surface area contributed by atoms with Crippen molar-refractivity contribution in [2.75, 3.05) is 6.54 Å². The summed E-state index contributed by atoms with van der Waals surface area (Å²) in [6, 6.07) is 15.5. The normalized spacial score (nSPS) is 13.8. The number of hydrogen-bond donors (Lipinski definition) is 3. The number of benzene rings is 2. The van der Waals surface area contributed by atoms with Crippen LogP contribution in [0.15, 0.2) is 54.6 Å². The summed E-state index contributed by atoms with van der Waals surface area (Å²) >= 11 is 0. The Morgan fingerprint density at radius 3 is 2.05 bits per heavy atom. The second kappa shape index (κ2) is 6.43. The molecule has 0 spiro atoms. The standard InChI is InChI=1S/C16H17NO3/c17-10-14(18)16(20)13-8-6-12(7-9-13)15(19)11-4-2-1-3-5-11/h1-9,14,16,18,20H,10,17H2. The smallest absolute Gasteiger partial charge is 0.193 e. The highest BCUT2D eigenvalue weighted by Crippen LogP contribution is 2.18. The van der Waals surface area contributed by atoms with Crippen molar-refractivity contribution in [1.82, 2.24) is 0 Å². The highest BCUT2D eigenvalue weighted by atomic mass is 16.3. The van der Waals surface area contributed by atoms with Crippen LogP contribution in [0.4, 0.5) is 0 Å². The largest absolute Gasteiger partial charge is 0.389 e. The van der Waals surface area contributed by atoms with E-state index in [9.17, 15) is 15.0 Å². The molecule has 0 fully saturated rings. The lowest BCUT2D eigenvalue weighted by molar-refractivity contribution is 0.0243. The lowest BCUT2D eigenvalue weighted by atomic mass is 9.99. The van der Waals surface area contributed by atoms with Gasteiger partial charge < -0.3 is 15.9 Å². The van der Waals surface area contributed by atoms with E-state index in [1.807, 2.05) is 18.2 Å². The zero-order chi connectivity index (χ0) is 14.5. The predicted molar refractivity (Wildman–Crippen MR) is 76.3 cm³/mol. The molecular weight excluding hydrogens is 254 g/mol. The van der Waals surface area contributed by atoms with Crippen LogP contribution in [0.2, 0.25) is 0 Å². The molecule has 0 saturated carbocycles. The number of carbonyl (C=O) groups excluding carboxylic acids is 1. The molecule has 2 aromatic rings. The van der Waals surface area contributed by atoms with Crippen LogP contribution in [-0.4, -0.2) is 28.6 Å². The molecule has 0 aliphatic carbocycles. The predicted octanol–water partition coefficient (Wildman–Crippen LogP) is 1.27. The molecule has 0 bridgehead atoms. The van der Waals surface area contributed by atoms with Crippen LogP contribution < -0.4 is 5.73 Å². The SMILES string of the molecule is NCC(O)C(O)c1ccc(C(=O)c2ccccc2)cc1. The maximum atomic E-state index is 12.2. The molecule has 2 rings (SSSR count). The van der Waals surface area contributed by atoms with E-state index in [2.05, 4.69) is 0 Å². The molecule has 104 valence electrons. The first-order chi connectivity index (χ1) is 9.63. The highest BCUT2D eigenvalue weighted by molar-refractivity contribution is 6.08. The minimum atomic E-state index is -1.04. The molecule has 0 aliphatic heterocycles. The van der Waals surface area contributed by atoms with Gasteiger partial charge in [0.25, 0.3) is 0 Å². The minimum absolute atomic E-state index is 0.0220. The van der Waals surface area contributed by atoms with Crippen molar-refractivity contribution in [3.05, 3.63) is 71.3 Å². The number of aliphatic hydroxyl groups is 2. The summed E-state index contributed by atoms with van der Waals surface area (Å²) < 4.78 is 0. The van der Waals surface area contributed by atoms with Gasteiger partial charge in [0.15, 0.2) is 5.78 Å². The van der Waals surface area contributed by atoms with Crippen molar-refractivity contribution >= 4 is 5.78 Å². The van der Waals surface area contributed by atoms with E-state index in [0.717, 1.165) is 0 Å². The van der Waals surface area contributed by atoms with Gasteiger partial charge in [-0.05, 0) is 5.56 Å². The molecule has 4 nitrogen and oxygen atoms in total. The van der Waals surface area contributed by atoms with Crippen LogP contribution in [0.1, 0.15) is 27.6 Å².